The summed E-state index contributed by atoms with van der Waals surface area (Å²) in [4.78, 5) is 8.46. The second-order valence-corrected chi connectivity index (χ2v) is 8.05. The number of piperazine rings is 1. The van der Waals surface area contributed by atoms with Gasteiger partial charge in [-0.05, 0) is 29.3 Å². The van der Waals surface area contributed by atoms with Gasteiger partial charge >= 0.3 is 0 Å². The van der Waals surface area contributed by atoms with Gasteiger partial charge in [0.15, 0.2) is 0 Å². The van der Waals surface area contributed by atoms with Crippen molar-refractivity contribution in [1.82, 2.24) is 9.88 Å². The Labute approximate surface area is 176 Å². The van der Waals surface area contributed by atoms with Crippen molar-refractivity contribution in [2.24, 2.45) is 0 Å². The molecule has 5 rings (SSSR count). The van der Waals surface area contributed by atoms with Gasteiger partial charge in [-0.15, -0.1) is 0 Å². The number of hydrogen-bond donors (Lipinski definition) is 1. The number of aromatic amines is 1. The molecular weight excluding hydrogens is 378 g/mol. The van der Waals surface area contributed by atoms with Gasteiger partial charge in [-0.3, -0.25) is 4.90 Å². The highest BCUT2D eigenvalue weighted by Crippen LogP contribution is 2.33. The lowest BCUT2D eigenvalue weighted by Gasteiger charge is -2.40. The molecule has 0 radical (unpaired) electrons. The number of anilines is 1. The zero-order chi connectivity index (χ0) is 19.6. The van der Waals surface area contributed by atoms with Crippen LogP contribution >= 0.6 is 11.6 Å². The fourth-order valence-electron chi connectivity index (χ4n) is 4.45. The number of H-pyrrole nitrogens is 1. The van der Waals surface area contributed by atoms with Crippen molar-refractivity contribution in [3.63, 3.8) is 0 Å². The van der Waals surface area contributed by atoms with Crippen LogP contribution in [-0.4, -0.2) is 36.1 Å². The first-order chi connectivity index (χ1) is 14.3. The number of nitrogens with one attached hydrogen (secondary N) is 1. The van der Waals surface area contributed by atoms with Crippen LogP contribution in [0.3, 0.4) is 0 Å². The van der Waals surface area contributed by atoms with Crippen LogP contribution in [0.25, 0.3) is 10.9 Å². The van der Waals surface area contributed by atoms with E-state index in [2.05, 4.69) is 93.8 Å². The van der Waals surface area contributed by atoms with Crippen molar-refractivity contribution in [2.75, 3.05) is 31.1 Å². The average Bonchev–Trinajstić information content (AvgIpc) is 3.19. The standard InChI is InChI=1S/C25H24ClN3/c26-21-11-12-23-22(17-21)24(18-27-23)28-13-15-29(16-14-28)25(19-7-3-1-4-8-19)20-9-5-2-6-10-20/h1-12,17-18,25,27H,13-16H2. The van der Waals surface area contributed by atoms with E-state index in [1.165, 1.54) is 22.2 Å². The van der Waals surface area contributed by atoms with E-state index >= 15 is 0 Å². The SMILES string of the molecule is Clc1ccc2[nH]cc(N3CCN(C(c4ccccc4)c4ccccc4)CC3)c2c1. The van der Waals surface area contributed by atoms with E-state index in [-0.39, 0.29) is 6.04 Å². The summed E-state index contributed by atoms with van der Waals surface area (Å²) >= 11 is 6.25. The fraction of sp³-hybridized carbons (Fsp3) is 0.200. The number of nitrogens with zero attached hydrogens (tertiary/aromatic N) is 2. The van der Waals surface area contributed by atoms with Gasteiger partial charge in [0, 0.05) is 48.3 Å². The van der Waals surface area contributed by atoms with Crippen molar-refractivity contribution in [3.05, 3.63) is 101 Å². The van der Waals surface area contributed by atoms with Crippen LogP contribution in [-0.2, 0) is 0 Å². The molecule has 4 heteroatoms. The molecule has 3 nitrogen and oxygen atoms in total. The van der Waals surface area contributed by atoms with E-state index in [1.807, 2.05) is 6.07 Å². The van der Waals surface area contributed by atoms with Gasteiger partial charge in [-0.25, -0.2) is 0 Å². The Morgan fingerprint density at radius 1 is 0.759 bits per heavy atom. The zero-order valence-corrected chi connectivity index (χ0v) is 17.0. The Bertz CT molecular complexity index is 1040. The first-order valence-electron chi connectivity index (χ1n) is 10.1. The number of aromatic nitrogens is 1. The fourth-order valence-corrected chi connectivity index (χ4v) is 4.62. The van der Waals surface area contributed by atoms with E-state index in [9.17, 15) is 0 Å². The minimum absolute atomic E-state index is 0.289. The van der Waals surface area contributed by atoms with Crippen LogP contribution in [0.5, 0.6) is 0 Å². The van der Waals surface area contributed by atoms with Crippen LogP contribution < -0.4 is 4.90 Å². The highest BCUT2D eigenvalue weighted by atomic mass is 35.5. The molecule has 1 N–H and O–H groups in total. The highest BCUT2D eigenvalue weighted by molar-refractivity contribution is 6.31. The average molecular weight is 402 g/mol. The third-order valence-electron chi connectivity index (χ3n) is 5.87. The first kappa shape index (κ1) is 18.3. The lowest BCUT2D eigenvalue weighted by molar-refractivity contribution is 0.212. The third-order valence-corrected chi connectivity index (χ3v) is 6.11. The largest absolute Gasteiger partial charge is 0.367 e. The topological polar surface area (TPSA) is 22.3 Å². The molecule has 2 heterocycles. The van der Waals surface area contributed by atoms with E-state index in [0.717, 1.165) is 36.7 Å². The smallest absolute Gasteiger partial charge is 0.0625 e. The summed E-state index contributed by atoms with van der Waals surface area (Å²) < 4.78 is 0. The van der Waals surface area contributed by atoms with Gasteiger partial charge in [0.25, 0.3) is 0 Å². The third kappa shape index (κ3) is 3.64. The van der Waals surface area contributed by atoms with Crippen molar-refractivity contribution < 1.29 is 0 Å². The number of halogens is 1. The predicted octanol–water partition coefficient (Wildman–Crippen LogP) is 5.73. The number of hydrogen-bond acceptors (Lipinski definition) is 2. The second-order valence-electron chi connectivity index (χ2n) is 7.61. The molecule has 0 unspecified atom stereocenters. The van der Waals surface area contributed by atoms with E-state index in [0.29, 0.717) is 0 Å². The summed E-state index contributed by atoms with van der Waals surface area (Å²) in [6.45, 7) is 4.02. The molecule has 4 aromatic rings. The molecule has 0 amide bonds. The summed E-state index contributed by atoms with van der Waals surface area (Å²) in [7, 11) is 0. The quantitative estimate of drug-likeness (QED) is 0.471. The monoisotopic (exact) mass is 401 g/mol. The molecule has 0 aliphatic carbocycles. The van der Waals surface area contributed by atoms with Crippen LogP contribution in [0, 0.1) is 0 Å². The van der Waals surface area contributed by atoms with E-state index in [4.69, 9.17) is 11.6 Å². The van der Waals surface area contributed by atoms with Gasteiger partial charge < -0.3 is 9.88 Å². The lowest BCUT2D eigenvalue weighted by atomic mass is 9.96. The lowest BCUT2D eigenvalue weighted by Crippen LogP contribution is -2.47. The Kier molecular flexibility index (Phi) is 5.01. The van der Waals surface area contributed by atoms with Crippen LogP contribution in [0.4, 0.5) is 5.69 Å². The second kappa shape index (κ2) is 7.94. The van der Waals surface area contributed by atoms with Gasteiger partial charge in [0.05, 0.1) is 11.7 Å². The minimum Gasteiger partial charge on any atom is -0.367 e. The number of fused-ring (bicyclic) bond motifs is 1. The Hall–Kier alpha value is -2.75. The van der Waals surface area contributed by atoms with Crippen LogP contribution in [0.2, 0.25) is 5.02 Å². The molecule has 0 spiro atoms. The van der Waals surface area contributed by atoms with Gasteiger partial charge in [-0.1, -0.05) is 72.3 Å². The van der Waals surface area contributed by atoms with Crippen LogP contribution in [0.15, 0.2) is 85.1 Å². The van der Waals surface area contributed by atoms with Crippen molar-refractivity contribution in [2.45, 2.75) is 6.04 Å². The zero-order valence-electron chi connectivity index (χ0n) is 16.3. The van der Waals surface area contributed by atoms with Crippen LogP contribution in [0.1, 0.15) is 17.2 Å². The molecule has 29 heavy (non-hydrogen) atoms. The molecule has 0 atom stereocenters. The Balaban J connectivity index is 1.40. The van der Waals surface area contributed by atoms with Crippen molar-refractivity contribution in [1.29, 1.82) is 0 Å². The van der Waals surface area contributed by atoms with Crippen molar-refractivity contribution >= 4 is 28.2 Å². The summed E-state index contributed by atoms with van der Waals surface area (Å²) in [5.74, 6) is 0. The molecule has 1 fully saturated rings. The van der Waals surface area contributed by atoms with Gasteiger partial charge in [0.1, 0.15) is 0 Å². The Morgan fingerprint density at radius 3 is 2.00 bits per heavy atom. The van der Waals surface area contributed by atoms with Crippen molar-refractivity contribution in [3.8, 4) is 0 Å². The molecule has 1 aromatic heterocycles. The maximum atomic E-state index is 6.25. The van der Waals surface area contributed by atoms with E-state index in [1.54, 1.807) is 0 Å². The minimum atomic E-state index is 0.289. The maximum Gasteiger partial charge on any atom is 0.0625 e. The molecule has 1 saturated heterocycles. The molecular formula is C25H24ClN3. The highest BCUT2D eigenvalue weighted by Gasteiger charge is 2.27. The predicted molar refractivity (Wildman–Crippen MR) is 122 cm³/mol. The normalized spacial score (nSPS) is 15.3. The molecule has 0 bridgehead atoms. The molecule has 1 aliphatic rings. The van der Waals surface area contributed by atoms with Gasteiger partial charge in [0.2, 0.25) is 0 Å². The molecule has 1 aliphatic heterocycles. The molecule has 146 valence electrons. The summed E-state index contributed by atoms with van der Waals surface area (Å²) in [5, 5.41) is 1.99. The molecule has 0 saturated carbocycles. The summed E-state index contributed by atoms with van der Waals surface area (Å²) in [6, 6.07) is 28.0. The maximum absolute atomic E-state index is 6.25. The summed E-state index contributed by atoms with van der Waals surface area (Å²) in [6.07, 6.45) is 2.11. The van der Waals surface area contributed by atoms with E-state index < -0.39 is 0 Å². The number of rotatable bonds is 4. The molecule has 3 aromatic carbocycles. The first-order valence-corrected chi connectivity index (χ1v) is 10.5. The number of benzene rings is 3. The summed E-state index contributed by atoms with van der Waals surface area (Å²) in [5.41, 5.74) is 5.09. The van der Waals surface area contributed by atoms with Gasteiger partial charge in [-0.2, -0.15) is 0 Å². The Morgan fingerprint density at radius 2 is 1.38 bits per heavy atom.